The fourth-order valence-corrected chi connectivity index (χ4v) is 1.98. The molecule has 3 rings (SSSR count). The molecule has 94 valence electrons. The maximum Gasteiger partial charge on any atom is 0.246 e. The minimum Gasteiger partial charge on any atom is -0.437 e. The van der Waals surface area contributed by atoms with Gasteiger partial charge in [-0.3, -0.25) is 0 Å². The third-order valence-corrected chi connectivity index (χ3v) is 2.91. The van der Waals surface area contributed by atoms with Gasteiger partial charge in [-0.05, 0) is 25.1 Å². The van der Waals surface area contributed by atoms with Gasteiger partial charge in [-0.2, -0.15) is 5.10 Å². The SMILES string of the molecule is Cc1nnc(Oc2cccc(N)c2)c2ccccc12. The summed E-state index contributed by atoms with van der Waals surface area (Å²) in [6.07, 6.45) is 0. The van der Waals surface area contributed by atoms with Gasteiger partial charge in [-0.25, -0.2) is 0 Å². The fraction of sp³-hybridized carbons (Fsp3) is 0.0667. The molecular formula is C15H13N3O. The van der Waals surface area contributed by atoms with Crippen LogP contribution in [0.5, 0.6) is 11.6 Å². The molecule has 0 bridgehead atoms. The first-order valence-corrected chi connectivity index (χ1v) is 5.99. The molecule has 4 heteroatoms. The van der Waals surface area contributed by atoms with E-state index in [0.717, 1.165) is 16.5 Å². The molecule has 1 aromatic heterocycles. The van der Waals surface area contributed by atoms with Crippen molar-refractivity contribution in [2.45, 2.75) is 6.92 Å². The number of aryl methyl sites for hydroxylation is 1. The average Bonchev–Trinajstić information content (AvgIpc) is 2.42. The number of rotatable bonds is 2. The number of benzene rings is 2. The summed E-state index contributed by atoms with van der Waals surface area (Å²) in [5, 5.41) is 10.2. The van der Waals surface area contributed by atoms with Crippen molar-refractivity contribution >= 4 is 16.5 Å². The molecule has 0 radical (unpaired) electrons. The Morgan fingerprint density at radius 1 is 0.947 bits per heavy atom. The summed E-state index contributed by atoms with van der Waals surface area (Å²) in [6, 6.07) is 15.2. The summed E-state index contributed by atoms with van der Waals surface area (Å²) in [5.41, 5.74) is 7.27. The highest BCUT2D eigenvalue weighted by molar-refractivity contribution is 5.88. The second-order valence-corrected chi connectivity index (χ2v) is 4.31. The van der Waals surface area contributed by atoms with Crippen molar-refractivity contribution in [3.63, 3.8) is 0 Å². The Morgan fingerprint density at radius 2 is 1.74 bits per heavy atom. The van der Waals surface area contributed by atoms with Crippen LogP contribution in [0.1, 0.15) is 5.69 Å². The molecule has 0 aliphatic heterocycles. The maximum atomic E-state index is 5.77. The topological polar surface area (TPSA) is 61.0 Å². The zero-order valence-electron chi connectivity index (χ0n) is 10.5. The van der Waals surface area contributed by atoms with Gasteiger partial charge in [-0.15, -0.1) is 5.10 Å². The average molecular weight is 251 g/mol. The zero-order valence-corrected chi connectivity index (χ0v) is 10.5. The summed E-state index contributed by atoms with van der Waals surface area (Å²) >= 11 is 0. The molecule has 2 aromatic carbocycles. The quantitative estimate of drug-likeness (QED) is 0.710. The van der Waals surface area contributed by atoms with Crippen molar-refractivity contribution in [2.75, 3.05) is 5.73 Å². The van der Waals surface area contributed by atoms with Gasteiger partial charge >= 0.3 is 0 Å². The third kappa shape index (κ3) is 2.20. The Kier molecular flexibility index (Phi) is 2.76. The molecule has 4 nitrogen and oxygen atoms in total. The summed E-state index contributed by atoms with van der Waals surface area (Å²) in [7, 11) is 0. The molecule has 0 unspecified atom stereocenters. The number of hydrogen-bond donors (Lipinski definition) is 1. The van der Waals surface area contributed by atoms with Gasteiger partial charge in [0.15, 0.2) is 0 Å². The smallest absolute Gasteiger partial charge is 0.246 e. The summed E-state index contributed by atoms with van der Waals surface area (Å²) in [6.45, 7) is 1.93. The maximum absolute atomic E-state index is 5.77. The fourth-order valence-electron chi connectivity index (χ4n) is 1.98. The molecule has 19 heavy (non-hydrogen) atoms. The number of ether oxygens (including phenoxy) is 1. The van der Waals surface area contributed by atoms with Crippen LogP contribution in [0.2, 0.25) is 0 Å². The highest BCUT2D eigenvalue weighted by atomic mass is 16.5. The van der Waals surface area contributed by atoms with Gasteiger partial charge < -0.3 is 10.5 Å². The zero-order chi connectivity index (χ0) is 13.2. The van der Waals surface area contributed by atoms with Crippen LogP contribution in [-0.2, 0) is 0 Å². The number of aromatic nitrogens is 2. The van der Waals surface area contributed by atoms with Crippen molar-refractivity contribution in [1.82, 2.24) is 10.2 Å². The Morgan fingerprint density at radius 3 is 2.53 bits per heavy atom. The van der Waals surface area contributed by atoms with E-state index in [2.05, 4.69) is 10.2 Å². The summed E-state index contributed by atoms with van der Waals surface area (Å²) in [5.74, 6) is 1.15. The van der Waals surface area contributed by atoms with E-state index in [1.807, 2.05) is 49.4 Å². The number of hydrogen-bond acceptors (Lipinski definition) is 4. The lowest BCUT2D eigenvalue weighted by atomic mass is 10.1. The van der Waals surface area contributed by atoms with Crippen LogP contribution < -0.4 is 10.5 Å². The molecule has 3 aromatic rings. The first-order chi connectivity index (χ1) is 9.24. The van der Waals surface area contributed by atoms with E-state index in [0.29, 0.717) is 17.3 Å². The van der Waals surface area contributed by atoms with E-state index >= 15 is 0 Å². The third-order valence-electron chi connectivity index (χ3n) is 2.91. The van der Waals surface area contributed by atoms with E-state index in [4.69, 9.17) is 10.5 Å². The van der Waals surface area contributed by atoms with Gasteiger partial charge in [0.2, 0.25) is 5.88 Å². The minimum absolute atomic E-state index is 0.492. The first kappa shape index (κ1) is 11.5. The highest BCUT2D eigenvalue weighted by Gasteiger charge is 2.08. The van der Waals surface area contributed by atoms with E-state index in [-0.39, 0.29) is 0 Å². The highest BCUT2D eigenvalue weighted by Crippen LogP contribution is 2.28. The monoisotopic (exact) mass is 251 g/mol. The Balaban J connectivity index is 2.09. The van der Waals surface area contributed by atoms with Crippen LogP contribution in [0, 0.1) is 6.92 Å². The van der Waals surface area contributed by atoms with Crippen LogP contribution in [0.4, 0.5) is 5.69 Å². The standard InChI is InChI=1S/C15H13N3O/c1-10-13-7-2-3-8-14(13)15(18-17-10)19-12-6-4-5-11(16)9-12/h2-9H,16H2,1H3. The molecule has 0 saturated carbocycles. The summed E-state index contributed by atoms with van der Waals surface area (Å²) in [4.78, 5) is 0. The Hall–Kier alpha value is -2.62. The molecular weight excluding hydrogens is 238 g/mol. The molecule has 0 aliphatic rings. The van der Waals surface area contributed by atoms with Crippen LogP contribution >= 0.6 is 0 Å². The molecule has 0 amide bonds. The van der Waals surface area contributed by atoms with Gasteiger partial charge in [0.05, 0.1) is 5.69 Å². The second kappa shape index (κ2) is 4.57. The molecule has 0 aliphatic carbocycles. The van der Waals surface area contributed by atoms with Crippen LogP contribution in [0.15, 0.2) is 48.5 Å². The van der Waals surface area contributed by atoms with Crippen molar-refractivity contribution in [1.29, 1.82) is 0 Å². The van der Waals surface area contributed by atoms with E-state index in [1.54, 1.807) is 6.07 Å². The largest absolute Gasteiger partial charge is 0.437 e. The molecule has 1 heterocycles. The number of nitrogens with two attached hydrogens (primary N) is 1. The lowest BCUT2D eigenvalue weighted by molar-refractivity contribution is 0.461. The number of fused-ring (bicyclic) bond motifs is 1. The molecule has 0 spiro atoms. The van der Waals surface area contributed by atoms with E-state index in [9.17, 15) is 0 Å². The number of nitrogens with zero attached hydrogens (tertiary/aromatic N) is 2. The normalized spacial score (nSPS) is 10.6. The number of nitrogen functional groups attached to an aromatic ring is 1. The first-order valence-electron chi connectivity index (χ1n) is 5.99. The van der Waals surface area contributed by atoms with Crippen molar-refractivity contribution < 1.29 is 4.74 Å². The van der Waals surface area contributed by atoms with Gasteiger partial charge in [-0.1, -0.05) is 24.3 Å². The van der Waals surface area contributed by atoms with Gasteiger partial charge in [0.25, 0.3) is 0 Å². The second-order valence-electron chi connectivity index (χ2n) is 4.31. The van der Waals surface area contributed by atoms with Crippen LogP contribution in [0.25, 0.3) is 10.8 Å². The van der Waals surface area contributed by atoms with Crippen molar-refractivity contribution in [3.8, 4) is 11.6 Å². The van der Waals surface area contributed by atoms with Crippen molar-refractivity contribution in [2.24, 2.45) is 0 Å². The summed E-state index contributed by atoms with van der Waals surface area (Å²) < 4.78 is 5.77. The number of anilines is 1. The minimum atomic E-state index is 0.492. The molecule has 2 N–H and O–H groups in total. The van der Waals surface area contributed by atoms with E-state index in [1.165, 1.54) is 0 Å². The predicted octanol–water partition coefficient (Wildman–Crippen LogP) is 3.31. The predicted molar refractivity (Wildman–Crippen MR) is 75.2 cm³/mol. The lowest BCUT2D eigenvalue weighted by Crippen LogP contribution is -1.95. The molecule has 0 fully saturated rings. The van der Waals surface area contributed by atoms with Crippen LogP contribution in [-0.4, -0.2) is 10.2 Å². The van der Waals surface area contributed by atoms with Gasteiger partial charge in [0.1, 0.15) is 5.75 Å². The van der Waals surface area contributed by atoms with E-state index < -0.39 is 0 Å². The lowest BCUT2D eigenvalue weighted by Gasteiger charge is -2.08. The van der Waals surface area contributed by atoms with Gasteiger partial charge in [0, 0.05) is 22.5 Å². The Bertz CT molecular complexity index is 740. The van der Waals surface area contributed by atoms with Crippen LogP contribution in [0.3, 0.4) is 0 Å². The molecule has 0 saturated heterocycles. The molecule has 0 atom stereocenters. The Labute approximate surface area is 110 Å². The van der Waals surface area contributed by atoms with Crippen molar-refractivity contribution in [3.05, 3.63) is 54.2 Å².